The Morgan fingerprint density at radius 3 is 2.54 bits per heavy atom. The number of likely N-dealkylation sites (tertiary alicyclic amines) is 1. The fourth-order valence-electron chi connectivity index (χ4n) is 3.20. The number of ether oxygens (including phenoxy) is 1. The number of amides is 2. The van der Waals surface area contributed by atoms with Crippen LogP contribution in [0.3, 0.4) is 0 Å². The lowest BCUT2D eigenvalue weighted by Crippen LogP contribution is -2.51. The van der Waals surface area contributed by atoms with Gasteiger partial charge in [-0.25, -0.2) is 4.79 Å². The highest BCUT2D eigenvalue weighted by atomic mass is 16.5. The van der Waals surface area contributed by atoms with Gasteiger partial charge in [-0.1, -0.05) is 44.2 Å². The number of piperidine rings is 1. The molecule has 0 spiro atoms. The van der Waals surface area contributed by atoms with Crippen LogP contribution in [0.25, 0.3) is 0 Å². The third kappa shape index (κ3) is 5.31. The molecule has 1 aromatic rings. The van der Waals surface area contributed by atoms with Crippen LogP contribution in [0.2, 0.25) is 0 Å². The summed E-state index contributed by atoms with van der Waals surface area (Å²) in [5.74, 6) is -0.963. The minimum Gasteiger partial charge on any atom is -0.467 e. The van der Waals surface area contributed by atoms with Crippen molar-refractivity contribution < 1.29 is 19.1 Å². The van der Waals surface area contributed by atoms with Gasteiger partial charge in [0.05, 0.1) is 19.4 Å². The number of rotatable bonds is 6. The highest BCUT2D eigenvalue weighted by Gasteiger charge is 2.32. The van der Waals surface area contributed by atoms with Gasteiger partial charge in [-0.05, 0) is 24.3 Å². The van der Waals surface area contributed by atoms with Crippen LogP contribution < -0.4 is 5.32 Å². The number of nitrogens with zero attached hydrogens (tertiary/aromatic N) is 1. The van der Waals surface area contributed by atoms with Crippen molar-refractivity contribution in [1.29, 1.82) is 0 Å². The quantitative estimate of drug-likeness (QED) is 0.785. The Labute approximate surface area is 154 Å². The predicted molar refractivity (Wildman–Crippen MR) is 98.2 cm³/mol. The van der Waals surface area contributed by atoms with E-state index in [0.29, 0.717) is 25.9 Å². The van der Waals surface area contributed by atoms with Crippen molar-refractivity contribution in [2.24, 2.45) is 11.8 Å². The summed E-state index contributed by atoms with van der Waals surface area (Å²) in [6, 6.07) is 8.93. The van der Waals surface area contributed by atoms with Gasteiger partial charge in [-0.2, -0.15) is 0 Å². The zero-order valence-corrected chi connectivity index (χ0v) is 15.7. The number of carbonyl (C=O) groups is 3. The Morgan fingerprint density at radius 2 is 1.92 bits per heavy atom. The van der Waals surface area contributed by atoms with Crippen LogP contribution in [-0.4, -0.2) is 48.9 Å². The van der Waals surface area contributed by atoms with Crippen LogP contribution in [0.15, 0.2) is 30.3 Å². The molecule has 0 radical (unpaired) electrons. The fourth-order valence-corrected chi connectivity index (χ4v) is 3.20. The Hall–Kier alpha value is -2.37. The van der Waals surface area contributed by atoms with Crippen LogP contribution in [0, 0.1) is 11.8 Å². The van der Waals surface area contributed by atoms with Gasteiger partial charge in [0.1, 0.15) is 6.04 Å². The first-order chi connectivity index (χ1) is 12.4. The van der Waals surface area contributed by atoms with Crippen LogP contribution >= 0.6 is 0 Å². The second kappa shape index (κ2) is 9.36. The molecule has 6 nitrogen and oxygen atoms in total. The predicted octanol–water partition coefficient (Wildman–Crippen LogP) is 1.78. The molecule has 142 valence electrons. The molecule has 6 heteroatoms. The Balaban J connectivity index is 1.95. The molecule has 1 saturated heterocycles. The molecule has 2 amide bonds. The summed E-state index contributed by atoms with van der Waals surface area (Å²) < 4.78 is 4.77. The molecule has 1 aliphatic heterocycles. The Kier molecular flexibility index (Phi) is 7.18. The number of carbonyl (C=O) groups excluding carboxylic acids is 3. The molecule has 1 aromatic carbocycles. The Morgan fingerprint density at radius 1 is 1.23 bits per heavy atom. The van der Waals surface area contributed by atoms with Gasteiger partial charge in [-0.15, -0.1) is 0 Å². The molecule has 2 rings (SSSR count). The highest BCUT2D eigenvalue weighted by molar-refractivity contribution is 5.87. The molecule has 1 aliphatic rings. The van der Waals surface area contributed by atoms with E-state index >= 15 is 0 Å². The fraction of sp³-hybridized carbons (Fsp3) is 0.550. The number of benzene rings is 1. The summed E-state index contributed by atoms with van der Waals surface area (Å²) in [5, 5.41) is 2.79. The van der Waals surface area contributed by atoms with Crippen molar-refractivity contribution in [1.82, 2.24) is 10.2 Å². The zero-order valence-electron chi connectivity index (χ0n) is 15.7. The lowest BCUT2D eigenvalue weighted by Gasteiger charge is -2.33. The van der Waals surface area contributed by atoms with Crippen molar-refractivity contribution in [3.05, 3.63) is 35.9 Å². The molecule has 2 atom stereocenters. The number of hydrogen-bond acceptors (Lipinski definition) is 4. The summed E-state index contributed by atoms with van der Waals surface area (Å²) in [4.78, 5) is 38.7. The maximum absolute atomic E-state index is 12.6. The maximum Gasteiger partial charge on any atom is 0.328 e. The van der Waals surface area contributed by atoms with Gasteiger partial charge >= 0.3 is 5.97 Å². The average molecular weight is 360 g/mol. The summed E-state index contributed by atoms with van der Waals surface area (Å²) in [7, 11) is 1.31. The molecule has 1 heterocycles. The number of nitrogens with one attached hydrogen (secondary N) is 1. The molecular formula is C20H28N2O4. The molecule has 1 N–H and O–H groups in total. The first-order valence-corrected chi connectivity index (χ1v) is 9.12. The maximum atomic E-state index is 12.6. The van der Waals surface area contributed by atoms with Crippen LogP contribution in [0.5, 0.6) is 0 Å². The van der Waals surface area contributed by atoms with Crippen LogP contribution in [0.1, 0.15) is 32.3 Å². The van der Waals surface area contributed by atoms with Gasteiger partial charge < -0.3 is 15.0 Å². The van der Waals surface area contributed by atoms with E-state index in [-0.39, 0.29) is 23.7 Å². The molecule has 0 aliphatic carbocycles. The van der Waals surface area contributed by atoms with E-state index in [1.807, 2.05) is 44.2 Å². The third-order valence-corrected chi connectivity index (χ3v) is 4.76. The molecule has 26 heavy (non-hydrogen) atoms. The first kappa shape index (κ1) is 19.9. The van der Waals surface area contributed by atoms with E-state index in [2.05, 4.69) is 5.32 Å². The van der Waals surface area contributed by atoms with E-state index in [0.717, 1.165) is 12.0 Å². The van der Waals surface area contributed by atoms with E-state index in [4.69, 9.17) is 4.74 Å². The topological polar surface area (TPSA) is 75.7 Å². The van der Waals surface area contributed by atoms with Crippen molar-refractivity contribution in [2.75, 3.05) is 20.2 Å². The van der Waals surface area contributed by atoms with Crippen molar-refractivity contribution in [2.45, 2.75) is 39.2 Å². The Bertz CT molecular complexity index is 630. The lowest BCUT2D eigenvalue weighted by molar-refractivity contribution is -0.147. The highest BCUT2D eigenvalue weighted by Crippen LogP contribution is 2.19. The molecule has 0 bridgehead atoms. The van der Waals surface area contributed by atoms with E-state index < -0.39 is 12.0 Å². The monoisotopic (exact) mass is 360 g/mol. The van der Waals surface area contributed by atoms with E-state index in [1.165, 1.54) is 7.11 Å². The van der Waals surface area contributed by atoms with E-state index in [9.17, 15) is 14.4 Å². The van der Waals surface area contributed by atoms with Gasteiger partial charge in [0.25, 0.3) is 0 Å². The molecule has 1 fully saturated rings. The van der Waals surface area contributed by atoms with Gasteiger partial charge in [0, 0.05) is 13.1 Å². The van der Waals surface area contributed by atoms with Crippen LogP contribution in [-0.2, 0) is 25.5 Å². The number of esters is 1. The normalized spacial score (nSPS) is 18.3. The second-order valence-corrected chi connectivity index (χ2v) is 7.09. The molecular weight excluding hydrogens is 332 g/mol. The number of methoxy groups -OCH3 is 1. The second-order valence-electron chi connectivity index (χ2n) is 7.09. The SMILES string of the molecule is COC(=O)[C@@H](NC(=O)C1CCCN(C(=O)Cc2ccccc2)C1)C(C)C. The lowest BCUT2D eigenvalue weighted by atomic mass is 9.95. The minimum absolute atomic E-state index is 0.0297. The molecule has 0 saturated carbocycles. The zero-order chi connectivity index (χ0) is 19.1. The van der Waals surface area contributed by atoms with Gasteiger partial charge in [0.15, 0.2) is 0 Å². The summed E-state index contributed by atoms with van der Waals surface area (Å²) in [6.07, 6.45) is 1.84. The molecule has 0 aromatic heterocycles. The summed E-state index contributed by atoms with van der Waals surface area (Å²) in [6.45, 7) is 4.78. The summed E-state index contributed by atoms with van der Waals surface area (Å²) in [5.41, 5.74) is 0.967. The third-order valence-electron chi connectivity index (χ3n) is 4.76. The van der Waals surface area contributed by atoms with Gasteiger partial charge in [0.2, 0.25) is 11.8 Å². The van der Waals surface area contributed by atoms with Crippen molar-refractivity contribution in [3.63, 3.8) is 0 Å². The summed E-state index contributed by atoms with van der Waals surface area (Å²) >= 11 is 0. The smallest absolute Gasteiger partial charge is 0.328 e. The van der Waals surface area contributed by atoms with Crippen LogP contribution in [0.4, 0.5) is 0 Å². The minimum atomic E-state index is -0.664. The van der Waals surface area contributed by atoms with Crippen molar-refractivity contribution in [3.8, 4) is 0 Å². The molecule has 1 unspecified atom stereocenters. The number of hydrogen-bond donors (Lipinski definition) is 1. The standard InChI is InChI=1S/C20H28N2O4/c1-14(2)18(20(25)26-3)21-19(24)16-10-7-11-22(13-16)17(23)12-15-8-5-4-6-9-15/h4-6,8-9,14,16,18H,7,10-13H2,1-3H3,(H,21,24)/t16?,18-/m0/s1. The largest absolute Gasteiger partial charge is 0.467 e. The van der Waals surface area contributed by atoms with E-state index in [1.54, 1.807) is 4.90 Å². The van der Waals surface area contributed by atoms with Crippen molar-refractivity contribution >= 4 is 17.8 Å². The first-order valence-electron chi connectivity index (χ1n) is 9.12. The average Bonchev–Trinajstić information content (AvgIpc) is 2.66. The van der Waals surface area contributed by atoms with Gasteiger partial charge in [-0.3, -0.25) is 9.59 Å².